The van der Waals surface area contributed by atoms with Gasteiger partial charge in [0.2, 0.25) is 13.6 Å². The number of fused-ring (bicyclic) bond motifs is 2. The van der Waals surface area contributed by atoms with E-state index in [1.807, 2.05) is 30.3 Å². The molecule has 2 aliphatic heterocycles. The number of ether oxygens (including phenoxy) is 4. The summed E-state index contributed by atoms with van der Waals surface area (Å²) >= 11 is 0. The smallest absolute Gasteiger partial charge is 0.231 e. The highest BCUT2D eigenvalue weighted by Crippen LogP contribution is 2.38. The van der Waals surface area contributed by atoms with Crippen LogP contribution in [0.25, 0.3) is 0 Å². The summed E-state index contributed by atoms with van der Waals surface area (Å²) in [6.07, 6.45) is 0.781. The van der Waals surface area contributed by atoms with E-state index >= 15 is 0 Å². The molecule has 0 saturated heterocycles. The molecule has 4 heteroatoms. The van der Waals surface area contributed by atoms with Gasteiger partial charge in [-0.25, -0.2) is 0 Å². The van der Waals surface area contributed by atoms with Crippen molar-refractivity contribution in [1.82, 2.24) is 0 Å². The Morgan fingerprint density at radius 3 is 2.63 bits per heavy atom. The predicted octanol–water partition coefficient (Wildman–Crippen LogP) is 2.73. The standard InChI is InChI=1S/C15H12O4/c1-2-11(15-13(3-1)17-9-19-15)6-10-4-5-12-14(7-10)18-8-16-12/h1-5,7H,6,8-9H2. The van der Waals surface area contributed by atoms with Crippen molar-refractivity contribution in [1.29, 1.82) is 0 Å². The third-order valence-corrected chi connectivity index (χ3v) is 3.31. The molecule has 0 aromatic heterocycles. The van der Waals surface area contributed by atoms with Crippen molar-refractivity contribution < 1.29 is 18.9 Å². The van der Waals surface area contributed by atoms with Crippen LogP contribution in [0.15, 0.2) is 36.4 Å². The van der Waals surface area contributed by atoms with Gasteiger partial charge in [0.1, 0.15) is 0 Å². The second kappa shape index (κ2) is 4.09. The average molecular weight is 256 g/mol. The van der Waals surface area contributed by atoms with E-state index in [1.165, 1.54) is 0 Å². The summed E-state index contributed by atoms with van der Waals surface area (Å²) in [5.74, 6) is 3.28. The lowest BCUT2D eigenvalue weighted by molar-refractivity contribution is 0.173. The van der Waals surface area contributed by atoms with Gasteiger partial charge in [-0.2, -0.15) is 0 Å². The Kier molecular flexibility index (Phi) is 2.27. The Labute approximate surface area is 110 Å². The van der Waals surface area contributed by atoms with Crippen LogP contribution in [-0.2, 0) is 6.42 Å². The summed E-state index contributed by atoms with van der Waals surface area (Å²) in [6, 6.07) is 12.0. The molecule has 4 nitrogen and oxygen atoms in total. The molecule has 0 unspecified atom stereocenters. The SMILES string of the molecule is c1cc(Cc2ccc3c(c2)OCO3)c2c(c1)OCO2. The van der Waals surface area contributed by atoms with Crippen molar-refractivity contribution in [2.75, 3.05) is 13.6 Å². The van der Waals surface area contributed by atoms with E-state index in [0.29, 0.717) is 13.6 Å². The fourth-order valence-electron chi connectivity index (χ4n) is 2.40. The van der Waals surface area contributed by atoms with Crippen LogP contribution in [0.4, 0.5) is 0 Å². The molecule has 19 heavy (non-hydrogen) atoms. The monoisotopic (exact) mass is 256 g/mol. The predicted molar refractivity (Wildman–Crippen MR) is 67.9 cm³/mol. The third-order valence-electron chi connectivity index (χ3n) is 3.31. The van der Waals surface area contributed by atoms with Crippen molar-refractivity contribution in [3.63, 3.8) is 0 Å². The number of para-hydroxylation sites is 1. The Morgan fingerprint density at radius 2 is 1.63 bits per heavy atom. The Bertz CT molecular complexity index is 636. The van der Waals surface area contributed by atoms with E-state index in [4.69, 9.17) is 18.9 Å². The molecule has 0 N–H and O–H groups in total. The molecule has 0 bridgehead atoms. The van der Waals surface area contributed by atoms with Crippen LogP contribution in [0, 0.1) is 0 Å². The maximum Gasteiger partial charge on any atom is 0.231 e. The first-order valence-electron chi connectivity index (χ1n) is 6.16. The normalized spacial score (nSPS) is 14.7. The zero-order valence-electron chi connectivity index (χ0n) is 10.2. The van der Waals surface area contributed by atoms with Crippen molar-refractivity contribution in [2.24, 2.45) is 0 Å². The summed E-state index contributed by atoms with van der Waals surface area (Å²) in [6.45, 7) is 0.601. The van der Waals surface area contributed by atoms with Gasteiger partial charge < -0.3 is 18.9 Å². The minimum absolute atomic E-state index is 0.299. The van der Waals surface area contributed by atoms with E-state index in [1.54, 1.807) is 0 Å². The van der Waals surface area contributed by atoms with E-state index in [-0.39, 0.29) is 0 Å². The minimum Gasteiger partial charge on any atom is -0.454 e. The molecule has 2 aromatic carbocycles. The fourth-order valence-corrected chi connectivity index (χ4v) is 2.40. The molecule has 0 radical (unpaired) electrons. The largest absolute Gasteiger partial charge is 0.454 e. The summed E-state index contributed by atoms with van der Waals surface area (Å²) in [5, 5.41) is 0. The van der Waals surface area contributed by atoms with E-state index in [0.717, 1.165) is 40.5 Å². The molecule has 4 rings (SSSR count). The highest BCUT2D eigenvalue weighted by molar-refractivity contribution is 5.51. The quantitative estimate of drug-likeness (QED) is 0.828. The van der Waals surface area contributed by atoms with Crippen LogP contribution in [-0.4, -0.2) is 13.6 Å². The van der Waals surface area contributed by atoms with Gasteiger partial charge in [0.15, 0.2) is 23.0 Å². The van der Waals surface area contributed by atoms with Gasteiger partial charge in [-0.15, -0.1) is 0 Å². The Balaban J connectivity index is 1.67. The Morgan fingerprint density at radius 1 is 0.789 bits per heavy atom. The molecule has 0 saturated carbocycles. The summed E-state index contributed by atoms with van der Waals surface area (Å²) in [5.41, 5.74) is 2.28. The molecular weight excluding hydrogens is 244 g/mol. The molecular formula is C15H12O4. The van der Waals surface area contributed by atoms with Crippen molar-refractivity contribution in [3.8, 4) is 23.0 Å². The summed E-state index contributed by atoms with van der Waals surface area (Å²) < 4.78 is 21.6. The third kappa shape index (κ3) is 1.76. The molecule has 2 aromatic rings. The van der Waals surface area contributed by atoms with Gasteiger partial charge in [-0.05, 0) is 23.8 Å². The fraction of sp³-hybridized carbons (Fsp3) is 0.200. The molecule has 0 atom stereocenters. The van der Waals surface area contributed by atoms with Gasteiger partial charge in [-0.3, -0.25) is 0 Å². The molecule has 96 valence electrons. The first kappa shape index (κ1) is 10.6. The van der Waals surface area contributed by atoms with Gasteiger partial charge >= 0.3 is 0 Å². The highest BCUT2D eigenvalue weighted by Gasteiger charge is 2.18. The maximum atomic E-state index is 5.52. The number of hydrogen-bond acceptors (Lipinski definition) is 4. The van der Waals surface area contributed by atoms with Crippen molar-refractivity contribution in [3.05, 3.63) is 47.5 Å². The first-order valence-corrected chi connectivity index (χ1v) is 6.16. The van der Waals surface area contributed by atoms with E-state index in [9.17, 15) is 0 Å². The molecule has 0 aliphatic carbocycles. The minimum atomic E-state index is 0.299. The van der Waals surface area contributed by atoms with Crippen molar-refractivity contribution in [2.45, 2.75) is 6.42 Å². The zero-order valence-corrected chi connectivity index (χ0v) is 10.2. The highest BCUT2D eigenvalue weighted by atomic mass is 16.7. The number of benzene rings is 2. The Hall–Kier alpha value is -2.36. The van der Waals surface area contributed by atoms with Gasteiger partial charge in [0.05, 0.1) is 0 Å². The van der Waals surface area contributed by atoms with E-state index < -0.39 is 0 Å². The lowest BCUT2D eigenvalue weighted by Crippen LogP contribution is -1.95. The van der Waals surface area contributed by atoms with E-state index in [2.05, 4.69) is 6.07 Å². The molecule has 2 heterocycles. The van der Waals surface area contributed by atoms with Gasteiger partial charge in [0, 0.05) is 12.0 Å². The van der Waals surface area contributed by atoms with Gasteiger partial charge in [-0.1, -0.05) is 18.2 Å². The molecule has 0 amide bonds. The van der Waals surface area contributed by atoms with Crippen LogP contribution in [0.3, 0.4) is 0 Å². The zero-order chi connectivity index (χ0) is 12.7. The molecule has 0 spiro atoms. The second-order valence-electron chi connectivity index (χ2n) is 4.52. The van der Waals surface area contributed by atoms with Crippen LogP contribution < -0.4 is 18.9 Å². The molecule has 0 fully saturated rings. The van der Waals surface area contributed by atoms with Crippen LogP contribution in [0.2, 0.25) is 0 Å². The topological polar surface area (TPSA) is 36.9 Å². The van der Waals surface area contributed by atoms with Crippen LogP contribution in [0.1, 0.15) is 11.1 Å². The number of hydrogen-bond donors (Lipinski definition) is 0. The molecule has 2 aliphatic rings. The second-order valence-corrected chi connectivity index (χ2v) is 4.52. The number of rotatable bonds is 2. The van der Waals surface area contributed by atoms with Crippen molar-refractivity contribution >= 4 is 0 Å². The summed E-state index contributed by atoms with van der Waals surface area (Å²) in [4.78, 5) is 0. The summed E-state index contributed by atoms with van der Waals surface area (Å²) in [7, 11) is 0. The lowest BCUT2D eigenvalue weighted by atomic mass is 10.0. The lowest BCUT2D eigenvalue weighted by Gasteiger charge is -2.06. The average Bonchev–Trinajstić information content (AvgIpc) is 3.06. The van der Waals surface area contributed by atoms with Gasteiger partial charge in [0.25, 0.3) is 0 Å². The first-order chi connectivity index (χ1) is 9.40. The maximum absolute atomic E-state index is 5.52. The van der Waals surface area contributed by atoms with Crippen LogP contribution in [0.5, 0.6) is 23.0 Å². The van der Waals surface area contributed by atoms with Crippen LogP contribution >= 0.6 is 0 Å².